The maximum Gasteiger partial charge on any atom is 0.338 e. The van der Waals surface area contributed by atoms with Crippen LogP contribution in [0.1, 0.15) is 31.1 Å². The molecule has 0 unspecified atom stereocenters. The second-order valence-corrected chi connectivity index (χ2v) is 6.16. The summed E-state index contributed by atoms with van der Waals surface area (Å²) in [4.78, 5) is 12.2. The molecule has 2 heterocycles. The minimum atomic E-state index is -0.656. The average molecular weight is 334 g/mol. The number of nitrogens with zero attached hydrogens (tertiary/aromatic N) is 1. The average Bonchev–Trinajstić information content (AvgIpc) is 2.86. The second-order valence-electron chi connectivity index (χ2n) is 4.90. The number of thioether (sulfide) groups is 1. The minimum absolute atomic E-state index is 0.00653. The van der Waals surface area contributed by atoms with Crippen LogP contribution in [0.3, 0.4) is 0 Å². The van der Waals surface area contributed by atoms with Gasteiger partial charge in [0.15, 0.2) is 5.09 Å². The predicted molar refractivity (Wildman–Crippen MR) is 85.2 cm³/mol. The lowest BCUT2D eigenvalue weighted by Gasteiger charge is -2.25. The first-order valence-corrected chi connectivity index (χ1v) is 8.02. The van der Waals surface area contributed by atoms with Crippen molar-refractivity contribution in [3.8, 4) is 6.07 Å². The van der Waals surface area contributed by atoms with E-state index in [0.29, 0.717) is 17.1 Å². The molecule has 0 aliphatic carbocycles. The molecule has 122 valence electrons. The van der Waals surface area contributed by atoms with Crippen LogP contribution in [0.2, 0.25) is 0 Å². The van der Waals surface area contributed by atoms with Gasteiger partial charge >= 0.3 is 5.97 Å². The zero-order valence-electron chi connectivity index (χ0n) is 13.4. The van der Waals surface area contributed by atoms with Gasteiger partial charge in [-0.3, -0.25) is 0 Å². The number of carbonyl (C=O) groups excluding carboxylic acids is 1. The Bertz CT molecular complexity index is 740. The molecule has 2 N–H and O–H groups in total. The Kier molecular flexibility index (Phi) is 5.06. The van der Waals surface area contributed by atoms with Crippen molar-refractivity contribution in [2.75, 3.05) is 12.9 Å². The summed E-state index contributed by atoms with van der Waals surface area (Å²) < 4.78 is 15.9. The van der Waals surface area contributed by atoms with E-state index in [9.17, 15) is 10.1 Å². The SMILES string of the molecule is CCSc1cc([C@@H]2C(C#N)=C(N)OC(C)=C2C(=O)OC)c(C)o1. The largest absolute Gasteiger partial charge is 0.466 e. The Balaban J connectivity index is 2.63. The number of nitriles is 1. The van der Waals surface area contributed by atoms with E-state index in [2.05, 4.69) is 0 Å². The highest BCUT2D eigenvalue weighted by Gasteiger charge is 2.38. The number of aryl methyl sites for hydroxylation is 1. The Morgan fingerprint density at radius 3 is 2.78 bits per heavy atom. The molecule has 0 saturated carbocycles. The molecule has 0 fully saturated rings. The third kappa shape index (κ3) is 3.08. The molecular weight excluding hydrogens is 316 g/mol. The van der Waals surface area contributed by atoms with Gasteiger partial charge in [0.05, 0.1) is 18.6 Å². The summed E-state index contributed by atoms with van der Waals surface area (Å²) in [5.74, 6) is 0.579. The van der Waals surface area contributed by atoms with Crippen LogP contribution in [0.4, 0.5) is 0 Å². The van der Waals surface area contributed by atoms with E-state index in [4.69, 9.17) is 19.6 Å². The van der Waals surface area contributed by atoms with Gasteiger partial charge in [-0.2, -0.15) is 5.26 Å². The molecule has 23 heavy (non-hydrogen) atoms. The molecule has 1 aliphatic heterocycles. The molecule has 0 bridgehead atoms. The lowest BCUT2D eigenvalue weighted by atomic mass is 9.83. The van der Waals surface area contributed by atoms with Crippen molar-refractivity contribution >= 4 is 17.7 Å². The van der Waals surface area contributed by atoms with Crippen molar-refractivity contribution in [2.24, 2.45) is 5.73 Å². The summed E-state index contributed by atoms with van der Waals surface area (Å²) in [5, 5.41) is 10.2. The normalized spacial score (nSPS) is 17.8. The number of furan rings is 1. The topological polar surface area (TPSA) is 98.5 Å². The first-order valence-electron chi connectivity index (χ1n) is 7.04. The third-order valence-corrected chi connectivity index (χ3v) is 4.32. The standard InChI is InChI=1S/C16H18N2O4S/c1-5-23-12-6-10(8(2)21-12)14-11(7-17)15(18)22-9(3)13(14)16(19)20-4/h6,14H,5,18H2,1-4H3/t14-/m1/s1. The minimum Gasteiger partial charge on any atom is -0.466 e. The molecule has 1 atom stereocenters. The Morgan fingerprint density at radius 1 is 1.52 bits per heavy atom. The molecular formula is C16H18N2O4S. The molecule has 1 aromatic rings. The van der Waals surface area contributed by atoms with Crippen molar-refractivity contribution in [1.82, 2.24) is 0 Å². The molecule has 2 rings (SSSR count). The zero-order valence-corrected chi connectivity index (χ0v) is 14.2. The summed E-state index contributed by atoms with van der Waals surface area (Å²) in [6.07, 6.45) is 0. The van der Waals surface area contributed by atoms with Gasteiger partial charge in [-0.05, 0) is 25.7 Å². The fourth-order valence-corrected chi connectivity index (χ4v) is 3.21. The van der Waals surface area contributed by atoms with Crippen LogP contribution >= 0.6 is 11.8 Å². The summed E-state index contributed by atoms with van der Waals surface area (Å²) in [7, 11) is 1.29. The van der Waals surface area contributed by atoms with Gasteiger partial charge in [-0.25, -0.2) is 4.79 Å². The predicted octanol–water partition coefficient (Wildman–Crippen LogP) is 2.95. The fraction of sp³-hybridized carbons (Fsp3) is 0.375. The van der Waals surface area contributed by atoms with Crippen molar-refractivity contribution in [2.45, 2.75) is 31.8 Å². The quantitative estimate of drug-likeness (QED) is 0.667. The van der Waals surface area contributed by atoms with E-state index in [1.54, 1.807) is 13.8 Å². The highest BCUT2D eigenvalue weighted by atomic mass is 32.2. The fourth-order valence-electron chi connectivity index (χ4n) is 2.53. The molecule has 0 aromatic carbocycles. The molecule has 7 heteroatoms. The van der Waals surface area contributed by atoms with Crippen molar-refractivity contribution in [1.29, 1.82) is 5.26 Å². The first-order chi connectivity index (χ1) is 10.9. The number of allylic oxidation sites excluding steroid dienone is 2. The first kappa shape index (κ1) is 17.0. The van der Waals surface area contributed by atoms with E-state index in [1.165, 1.54) is 18.9 Å². The lowest BCUT2D eigenvalue weighted by molar-refractivity contribution is -0.136. The Morgan fingerprint density at radius 2 is 2.22 bits per heavy atom. The van der Waals surface area contributed by atoms with Gasteiger partial charge < -0.3 is 19.6 Å². The van der Waals surface area contributed by atoms with Gasteiger partial charge in [-0.15, -0.1) is 0 Å². The van der Waals surface area contributed by atoms with Crippen LogP contribution in [0, 0.1) is 18.3 Å². The van der Waals surface area contributed by atoms with Crippen molar-refractivity contribution in [3.05, 3.63) is 40.2 Å². The monoisotopic (exact) mass is 334 g/mol. The van der Waals surface area contributed by atoms with E-state index < -0.39 is 11.9 Å². The van der Waals surface area contributed by atoms with Crippen LogP contribution in [0.15, 0.2) is 38.4 Å². The van der Waals surface area contributed by atoms with Gasteiger partial charge in [-0.1, -0.05) is 18.7 Å². The van der Waals surface area contributed by atoms with Crippen LogP contribution in [0.25, 0.3) is 0 Å². The number of rotatable bonds is 4. The Hall–Kier alpha value is -2.33. The molecule has 0 spiro atoms. The van der Waals surface area contributed by atoms with Crippen molar-refractivity contribution < 1.29 is 18.7 Å². The van der Waals surface area contributed by atoms with Gasteiger partial charge in [0.25, 0.3) is 0 Å². The maximum absolute atomic E-state index is 12.2. The number of nitrogens with two attached hydrogens (primary N) is 1. The molecule has 0 amide bonds. The van der Waals surface area contributed by atoms with E-state index in [0.717, 1.165) is 10.8 Å². The third-order valence-electron chi connectivity index (χ3n) is 3.54. The number of esters is 1. The summed E-state index contributed by atoms with van der Waals surface area (Å²) >= 11 is 1.54. The van der Waals surface area contributed by atoms with Gasteiger partial charge in [0.2, 0.25) is 5.88 Å². The van der Waals surface area contributed by atoms with E-state index in [1.807, 2.05) is 19.1 Å². The van der Waals surface area contributed by atoms with E-state index >= 15 is 0 Å². The second kappa shape index (κ2) is 6.84. The van der Waals surface area contributed by atoms with E-state index in [-0.39, 0.29) is 17.0 Å². The highest BCUT2D eigenvalue weighted by Crippen LogP contribution is 2.42. The smallest absolute Gasteiger partial charge is 0.338 e. The number of carbonyl (C=O) groups is 1. The summed E-state index contributed by atoms with van der Waals surface area (Å²) in [5.41, 5.74) is 6.98. The molecule has 1 aliphatic rings. The highest BCUT2D eigenvalue weighted by molar-refractivity contribution is 7.99. The van der Waals surface area contributed by atoms with Crippen LogP contribution in [0.5, 0.6) is 0 Å². The van der Waals surface area contributed by atoms with Crippen LogP contribution in [-0.4, -0.2) is 18.8 Å². The summed E-state index contributed by atoms with van der Waals surface area (Å²) in [6, 6.07) is 3.87. The maximum atomic E-state index is 12.2. The lowest BCUT2D eigenvalue weighted by Crippen LogP contribution is -2.25. The zero-order chi connectivity index (χ0) is 17.1. The van der Waals surface area contributed by atoms with Crippen LogP contribution in [-0.2, 0) is 14.3 Å². The van der Waals surface area contributed by atoms with Gasteiger partial charge in [0.1, 0.15) is 23.2 Å². The number of hydrogen-bond donors (Lipinski definition) is 1. The molecule has 6 nitrogen and oxygen atoms in total. The number of ether oxygens (including phenoxy) is 2. The van der Waals surface area contributed by atoms with Gasteiger partial charge in [0, 0.05) is 5.56 Å². The van der Waals surface area contributed by atoms with Crippen molar-refractivity contribution in [3.63, 3.8) is 0 Å². The van der Waals surface area contributed by atoms with Crippen LogP contribution < -0.4 is 5.73 Å². The Labute approximate surface area is 138 Å². The number of hydrogen-bond acceptors (Lipinski definition) is 7. The summed E-state index contributed by atoms with van der Waals surface area (Å²) in [6.45, 7) is 5.43. The number of methoxy groups -OCH3 is 1. The molecule has 0 radical (unpaired) electrons. The molecule has 0 saturated heterocycles. The molecule has 1 aromatic heterocycles.